The first-order chi connectivity index (χ1) is 9.56. The van der Waals surface area contributed by atoms with Gasteiger partial charge in [-0.3, -0.25) is 0 Å². The SMILES string of the molecule is CCCNCCC1(Oc2cc(Cl)c(Cl)cc2Cl)CCC1. The van der Waals surface area contributed by atoms with Crippen LogP contribution in [0.25, 0.3) is 0 Å². The maximum absolute atomic E-state index is 6.19. The lowest BCUT2D eigenvalue weighted by atomic mass is 9.77. The second kappa shape index (κ2) is 7.22. The van der Waals surface area contributed by atoms with Crippen molar-refractivity contribution in [1.82, 2.24) is 5.32 Å². The number of rotatable bonds is 7. The van der Waals surface area contributed by atoms with E-state index >= 15 is 0 Å². The Balaban J connectivity index is 2.01. The van der Waals surface area contributed by atoms with Crippen molar-refractivity contribution in [3.63, 3.8) is 0 Å². The van der Waals surface area contributed by atoms with Crippen molar-refractivity contribution in [1.29, 1.82) is 0 Å². The third-order valence-corrected chi connectivity index (χ3v) is 4.77. The Kier molecular flexibility index (Phi) is 5.85. The summed E-state index contributed by atoms with van der Waals surface area (Å²) in [7, 11) is 0. The number of benzene rings is 1. The lowest BCUT2D eigenvalue weighted by Crippen LogP contribution is -2.45. The summed E-state index contributed by atoms with van der Waals surface area (Å²) < 4.78 is 6.17. The molecule has 0 unspecified atom stereocenters. The Labute approximate surface area is 135 Å². The Morgan fingerprint density at radius 3 is 2.40 bits per heavy atom. The van der Waals surface area contributed by atoms with Gasteiger partial charge in [0.15, 0.2) is 0 Å². The third-order valence-electron chi connectivity index (χ3n) is 3.75. The fourth-order valence-corrected chi connectivity index (χ4v) is 2.98. The molecule has 0 bridgehead atoms. The highest BCUT2D eigenvalue weighted by atomic mass is 35.5. The largest absolute Gasteiger partial charge is 0.486 e. The highest BCUT2D eigenvalue weighted by Gasteiger charge is 2.39. The molecule has 2 nitrogen and oxygen atoms in total. The first-order valence-corrected chi connectivity index (χ1v) is 8.24. The molecule has 1 N–H and O–H groups in total. The average molecular weight is 337 g/mol. The summed E-state index contributed by atoms with van der Waals surface area (Å²) in [5, 5.41) is 4.87. The molecule has 20 heavy (non-hydrogen) atoms. The van der Waals surface area contributed by atoms with E-state index in [9.17, 15) is 0 Å². The van der Waals surface area contributed by atoms with Gasteiger partial charge in [0.05, 0.1) is 15.1 Å². The predicted molar refractivity (Wildman–Crippen MR) is 86.5 cm³/mol. The van der Waals surface area contributed by atoms with Gasteiger partial charge in [0.25, 0.3) is 0 Å². The molecule has 2 rings (SSSR count). The summed E-state index contributed by atoms with van der Waals surface area (Å²) in [6.45, 7) is 4.18. The summed E-state index contributed by atoms with van der Waals surface area (Å²) in [6, 6.07) is 3.36. The maximum atomic E-state index is 6.19. The standard InChI is InChI=1S/C15H20Cl3NO/c1-2-7-19-8-6-15(4-3-5-15)20-14-10-12(17)11(16)9-13(14)18/h9-10,19H,2-8H2,1H3. The quantitative estimate of drug-likeness (QED) is 0.536. The van der Waals surface area contributed by atoms with Crippen molar-refractivity contribution in [2.24, 2.45) is 0 Å². The van der Waals surface area contributed by atoms with Gasteiger partial charge in [-0.25, -0.2) is 0 Å². The van der Waals surface area contributed by atoms with E-state index in [1.807, 2.05) is 0 Å². The van der Waals surface area contributed by atoms with Crippen LogP contribution >= 0.6 is 34.8 Å². The average Bonchev–Trinajstić information content (AvgIpc) is 2.37. The second-order valence-corrected chi connectivity index (χ2v) is 6.56. The molecular weight excluding hydrogens is 317 g/mol. The van der Waals surface area contributed by atoms with Crippen LogP contribution in [0.4, 0.5) is 0 Å². The van der Waals surface area contributed by atoms with Gasteiger partial charge in [-0.2, -0.15) is 0 Å². The fraction of sp³-hybridized carbons (Fsp3) is 0.600. The lowest BCUT2D eigenvalue weighted by Gasteiger charge is -2.42. The summed E-state index contributed by atoms with van der Waals surface area (Å²) in [5.74, 6) is 0.635. The molecule has 0 radical (unpaired) electrons. The van der Waals surface area contributed by atoms with E-state index in [1.165, 1.54) is 6.42 Å². The van der Waals surface area contributed by atoms with E-state index < -0.39 is 0 Å². The van der Waals surface area contributed by atoms with Crippen LogP contribution in [-0.2, 0) is 0 Å². The first kappa shape index (κ1) is 16.2. The molecular formula is C15H20Cl3NO. The molecule has 5 heteroatoms. The smallest absolute Gasteiger partial charge is 0.140 e. The molecule has 1 aliphatic rings. The molecule has 1 aliphatic carbocycles. The van der Waals surface area contributed by atoms with Gasteiger partial charge in [-0.15, -0.1) is 0 Å². The fourth-order valence-electron chi connectivity index (χ4n) is 2.41. The molecule has 1 aromatic carbocycles. The third kappa shape index (κ3) is 3.94. The monoisotopic (exact) mass is 335 g/mol. The molecule has 0 spiro atoms. The Hall–Kier alpha value is -0.150. The minimum absolute atomic E-state index is 0.0957. The summed E-state index contributed by atoms with van der Waals surface area (Å²) >= 11 is 18.2. The van der Waals surface area contributed by atoms with Crippen LogP contribution in [0.2, 0.25) is 15.1 Å². The zero-order valence-electron chi connectivity index (χ0n) is 11.6. The van der Waals surface area contributed by atoms with Gasteiger partial charge >= 0.3 is 0 Å². The number of nitrogens with one attached hydrogen (secondary N) is 1. The van der Waals surface area contributed by atoms with Crippen molar-refractivity contribution >= 4 is 34.8 Å². The molecule has 0 aromatic heterocycles. The Morgan fingerprint density at radius 1 is 1.10 bits per heavy atom. The number of hydrogen-bond acceptors (Lipinski definition) is 2. The van der Waals surface area contributed by atoms with E-state index in [2.05, 4.69) is 12.2 Å². The summed E-state index contributed by atoms with van der Waals surface area (Å²) in [5.41, 5.74) is -0.0957. The van der Waals surface area contributed by atoms with Gasteiger partial charge in [0, 0.05) is 6.07 Å². The lowest BCUT2D eigenvalue weighted by molar-refractivity contribution is -0.0141. The Morgan fingerprint density at radius 2 is 1.80 bits per heavy atom. The second-order valence-electron chi connectivity index (χ2n) is 5.34. The van der Waals surface area contributed by atoms with Crippen LogP contribution in [0.3, 0.4) is 0 Å². The van der Waals surface area contributed by atoms with Crippen LogP contribution in [0.15, 0.2) is 12.1 Å². The van der Waals surface area contributed by atoms with Gasteiger partial charge in [0.2, 0.25) is 0 Å². The van der Waals surface area contributed by atoms with Crippen LogP contribution in [0.5, 0.6) is 5.75 Å². The van der Waals surface area contributed by atoms with Crippen molar-refractivity contribution in [3.8, 4) is 5.75 Å². The normalized spacial score (nSPS) is 16.8. The van der Waals surface area contributed by atoms with Crippen LogP contribution in [0, 0.1) is 0 Å². The number of hydrogen-bond donors (Lipinski definition) is 1. The highest BCUT2D eigenvalue weighted by molar-refractivity contribution is 6.43. The summed E-state index contributed by atoms with van der Waals surface area (Å²) in [4.78, 5) is 0. The van der Waals surface area contributed by atoms with Crippen molar-refractivity contribution in [2.45, 2.75) is 44.6 Å². The molecule has 0 saturated heterocycles. The van der Waals surface area contributed by atoms with Crippen molar-refractivity contribution in [3.05, 3.63) is 27.2 Å². The van der Waals surface area contributed by atoms with Gasteiger partial charge in [-0.05, 0) is 51.3 Å². The molecule has 1 saturated carbocycles. The first-order valence-electron chi connectivity index (χ1n) is 7.10. The topological polar surface area (TPSA) is 21.3 Å². The van der Waals surface area contributed by atoms with Gasteiger partial charge in [-0.1, -0.05) is 41.7 Å². The molecule has 1 aromatic rings. The molecule has 112 valence electrons. The van der Waals surface area contributed by atoms with Crippen LogP contribution in [-0.4, -0.2) is 18.7 Å². The minimum atomic E-state index is -0.0957. The van der Waals surface area contributed by atoms with Gasteiger partial charge in [0.1, 0.15) is 11.4 Å². The number of halogens is 3. The molecule has 1 fully saturated rings. The molecule has 0 aliphatic heterocycles. The predicted octanol–water partition coefficient (Wildman–Crippen LogP) is 5.34. The van der Waals surface area contributed by atoms with Gasteiger partial charge < -0.3 is 10.1 Å². The minimum Gasteiger partial charge on any atom is -0.486 e. The number of ether oxygens (including phenoxy) is 1. The van der Waals surface area contributed by atoms with Crippen molar-refractivity contribution < 1.29 is 4.74 Å². The van der Waals surface area contributed by atoms with E-state index in [4.69, 9.17) is 39.5 Å². The zero-order chi connectivity index (χ0) is 14.6. The van der Waals surface area contributed by atoms with Crippen molar-refractivity contribution in [2.75, 3.05) is 13.1 Å². The highest BCUT2D eigenvalue weighted by Crippen LogP contribution is 2.43. The van der Waals surface area contributed by atoms with Crippen LogP contribution < -0.4 is 10.1 Å². The molecule has 0 amide bonds. The Bertz CT molecular complexity index is 461. The summed E-state index contributed by atoms with van der Waals surface area (Å²) in [6.07, 6.45) is 5.47. The van der Waals surface area contributed by atoms with E-state index in [0.29, 0.717) is 20.8 Å². The van der Waals surface area contributed by atoms with E-state index in [-0.39, 0.29) is 5.60 Å². The molecule has 0 atom stereocenters. The van der Waals surface area contributed by atoms with E-state index in [0.717, 1.165) is 38.8 Å². The maximum Gasteiger partial charge on any atom is 0.140 e. The van der Waals surface area contributed by atoms with E-state index in [1.54, 1.807) is 12.1 Å². The van der Waals surface area contributed by atoms with Crippen LogP contribution in [0.1, 0.15) is 39.0 Å². The zero-order valence-corrected chi connectivity index (χ0v) is 13.9. The molecule has 0 heterocycles.